The molecule has 0 bridgehead atoms. The number of anilines is 1. The van der Waals surface area contributed by atoms with E-state index < -0.39 is 22.5 Å². The smallest absolute Gasteiger partial charge is 0.326 e. The first kappa shape index (κ1) is 20.8. The second-order valence-electron chi connectivity index (χ2n) is 5.96. The number of hydrogen-bond donors (Lipinski definition) is 0. The van der Waals surface area contributed by atoms with Crippen LogP contribution in [0.1, 0.15) is 25.0 Å². The van der Waals surface area contributed by atoms with Gasteiger partial charge in [-0.1, -0.05) is 18.2 Å². The molecule has 0 N–H and O–H groups in total. The van der Waals surface area contributed by atoms with Gasteiger partial charge in [-0.3, -0.25) is 9.10 Å². The molecule has 0 amide bonds. The van der Waals surface area contributed by atoms with E-state index >= 15 is 0 Å². The number of rotatable bonds is 8. The molecule has 0 aliphatic heterocycles. The molecule has 0 saturated heterocycles. The minimum absolute atomic E-state index is 0.0814. The van der Waals surface area contributed by atoms with Gasteiger partial charge in [-0.25, -0.2) is 8.42 Å². The van der Waals surface area contributed by atoms with Crippen molar-refractivity contribution in [3.05, 3.63) is 53.6 Å². The Labute approximate surface area is 160 Å². The number of hydrogen-bond acceptors (Lipinski definition) is 5. The monoisotopic (exact) mass is 391 g/mol. The van der Waals surface area contributed by atoms with Gasteiger partial charge in [-0.05, 0) is 63.1 Å². The van der Waals surface area contributed by atoms with E-state index in [1.165, 1.54) is 12.1 Å². The summed E-state index contributed by atoms with van der Waals surface area (Å²) in [4.78, 5) is 12.2. The maximum Gasteiger partial charge on any atom is 0.326 e. The van der Waals surface area contributed by atoms with E-state index in [4.69, 9.17) is 9.47 Å². The van der Waals surface area contributed by atoms with Crippen LogP contribution in [0.2, 0.25) is 0 Å². The SMILES string of the molecule is CCOC(=O)CN(c1c(C)cccc1C)S(=O)(=O)c1ccc(OCC)cc1. The first-order chi connectivity index (χ1) is 12.8. The van der Waals surface area contributed by atoms with Gasteiger partial charge in [0.15, 0.2) is 0 Å². The Morgan fingerprint density at radius 2 is 1.56 bits per heavy atom. The first-order valence-electron chi connectivity index (χ1n) is 8.78. The summed E-state index contributed by atoms with van der Waals surface area (Å²) in [6.07, 6.45) is 0. The Balaban J connectivity index is 2.52. The van der Waals surface area contributed by atoms with Crippen molar-refractivity contribution in [1.82, 2.24) is 0 Å². The second kappa shape index (κ2) is 8.90. The molecular weight excluding hydrogens is 366 g/mol. The lowest BCUT2D eigenvalue weighted by atomic mass is 10.1. The van der Waals surface area contributed by atoms with Crippen LogP contribution in [0.15, 0.2) is 47.4 Å². The summed E-state index contributed by atoms with van der Waals surface area (Å²) in [6.45, 7) is 7.44. The fourth-order valence-electron chi connectivity index (χ4n) is 2.81. The molecule has 6 nitrogen and oxygen atoms in total. The van der Waals surface area contributed by atoms with E-state index in [0.717, 1.165) is 15.4 Å². The highest BCUT2D eigenvalue weighted by molar-refractivity contribution is 7.92. The molecule has 2 rings (SSSR count). The van der Waals surface area contributed by atoms with Crippen molar-refractivity contribution in [3.8, 4) is 5.75 Å². The normalized spacial score (nSPS) is 11.1. The molecule has 27 heavy (non-hydrogen) atoms. The summed E-state index contributed by atoms with van der Waals surface area (Å²) in [6, 6.07) is 11.6. The highest BCUT2D eigenvalue weighted by Crippen LogP contribution is 2.30. The topological polar surface area (TPSA) is 72.9 Å². The Kier molecular flexibility index (Phi) is 6.85. The molecule has 0 aromatic heterocycles. The summed E-state index contributed by atoms with van der Waals surface area (Å²) in [7, 11) is -3.97. The van der Waals surface area contributed by atoms with Gasteiger partial charge in [0.1, 0.15) is 12.3 Å². The van der Waals surface area contributed by atoms with E-state index in [2.05, 4.69) is 0 Å². The molecule has 0 aliphatic carbocycles. The fraction of sp³-hybridized carbons (Fsp3) is 0.350. The van der Waals surface area contributed by atoms with Crippen molar-refractivity contribution in [1.29, 1.82) is 0 Å². The zero-order valence-corrected chi connectivity index (χ0v) is 16.9. The van der Waals surface area contributed by atoms with Crippen molar-refractivity contribution in [3.63, 3.8) is 0 Å². The van der Waals surface area contributed by atoms with E-state index in [0.29, 0.717) is 18.0 Å². The molecule has 0 atom stereocenters. The van der Waals surface area contributed by atoms with E-state index in [-0.39, 0.29) is 11.5 Å². The third kappa shape index (κ3) is 4.80. The standard InChI is InChI=1S/C20H25NO5S/c1-5-25-17-10-12-18(13-11-17)27(23,24)21(14-19(22)26-6-2)20-15(3)8-7-9-16(20)4/h7-13H,5-6,14H2,1-4H3. The van der Waals surface area contributed by atoms with Crippen LogP contribution in [0, 0.1) is 13.8 Å². The van der Waals surface area contributed by atoms with Crippen LogP contribution < -0.4 is 9.04 Å². The minimum Gasteiger partial charge on any atom is -0.494 e. The van der Waals surface area contributed by atoms with Crippen LogP contribution in [0.4, 0.5) is 5.69 Å². The van der Waals surface area contributed by atoms with Crippen LogP contribution in [-0.4, -0.2) is 34.1 Å². The van der Waals surface area contributed by atoms with Crippen molar-refractivity contribution >= 4 is 21.7 Å². The molecule has 2 aromatic carbocycles. The van der Waals surface area contributed by atoms with Crippen LogP contribution in [-0.2, 0) is 19.6 Å². The fourth-order valence-corrected chi connectivity index (χ4v) is 4.35. The Morgan fingerprint density at radius 3 is 2.07 bits per heavy atom. The van der Waals surface area contributed by atoms with Crippen molar-refractivity contribution in [2.45, 2.75) is 32.6 Å². The Hall–Kier alpha value is -2.54. The predicted molar refractivity (Wildman–Crippen MR) is 105 cm³/mol. The number of aryl methyl sites for hydroxylation is 2. The molecule has 7 heteroatoms. The molecule has 0 aliphatic rings. The second-order valence-corrected chi connectivity index (χ2v) is 7.82. The average Bonchev–Trinajstić information content (AvgIpc) is 2.61. The number of benzene rings is 2. The zero-order valence-electron chi connectivity index (χ0n) is 16.1. The average molecular weight is 391 g/mol. The minimum atomic E-state index is -3.97. The number of ether oxygens (including phenoxy) is 2. The Bertz CT molecular complexity index is 871. The van der Waals surface area contributed by atoms with E-state index in [1.54, 1.807) is 19.1 Å². The summed E-state index contributed by atoms with van der Waals surface area (Å²) in [5, 5.41) is 0. The third-order valence-electron chi connectivity index (χ3n) is 3.99. The van der Waals surface area contributed by atoms with Crippen LogP contribution in [0.5, 0.6) is 5.75 Å². The van der Waals surface area contributed by atoms with Gasteiger partial charge in [-0.2, -0.15) is 0 Å². The summed E-state index contributed by atoms with van der Waals surface area (Å²) in [5.74, 6) is -0.0184. The number of para-hydroxylation sites is 1. The van der Waals surface area contributed by atoms with Gasteiger partial charge in [0.2, 0.25) is 0 Å². The quantitative estimate of drug-likeness (QED) is 0.645. The number of sulfonamides is 1. The van der Waals surface area contributed by atoms with Gasteiger partial charge in [0.25, 0.3) is 10.0 Å². The summed E-state index contributed by atoms with van der Waals surface area (Å²) in [5.41, 5.74) is 2.00. The zero-order chi connectivity index (χ0) is 20.0. The molecule has 0 fully saturated rings. The predicted octanol–water partition coefficient (Wildman–Crippen LogP) is 3.46. The molecule has 0 saturated carbocycles. The number of nitrogens with zero attached hydrogens (tertiary/aromatic N) is 1. The third-order valence-corrected chi connectivity index (χ3v) is 5.75. The maximum absolute atomic E-state index is 13.3. The highest BCUT2D eigenvalue weighted by atomic mass is 32.2. The lowest BCUT2D eigenvalue weighted by Gasteiger charge is -2.26. The van der Waals surface area contributed by atoms with E-state index in [9.17, 15) is 13.2 Å². The van der Waals surface area contributed by atoms with Crippen LogP contribution in [0.25, 0.3) is 0 Å². The van der Waals surface area contributed by atoms with Crippen LogP contribution in [0.3, 0.4) is 0 Å². The van der Waals surface area contributed by atoms with Crippen molar-refractivity contribution in [2.24, 2.45) is 0 Å². The molecule has 146 valence electrons. The van der Waals surface area contributed by atoms with Gasteiger partial charge in [-0.15, -0.1) is 0 Å². The summed E-state index contributed by atoms with van der Waals surface area (Å²) < 4.78 is 38.1. The molecular formula is C20H25NO5S. The van der Waals surface area contributed by atoms with E-state index in [1.807, 2.05) is 39.0 Å². The van der Waals surface area contributed by atoms with Crippen LogP contribution >= 0.6 is 0 Å². The number of carbonyl (C=O) groups is 1. The van der Waals surface area contributed by atoms with Gasteiger partial charge >= 0.3 is 5.97 Å². The Morgan fingerprint density at radius 1 is 0.963 bits per heavy atom. The van der Waals surface area contributed by atoms with Crippen molar-refractivity contribution in [2.75, 3.05) is 24.1 Å². The molecule has 0 radical (unpaired) electrons. The molecule has 2 aromatic rings. The van der Waals surface area contributed by atoms with Gasteiger partial charge in [0, 0.05) is 0 Å². The number of carbonyl (C=O) groups excluding carboxylic acids is 1. The lowest BCUT2D eigenvalue weighted by molar-refractivity contribution is -0.141. The van der Waals surface area contributed by atoms with Gasteiger partial charge in [0.05, 0.1) is 23.8 Å². The van der Waals surface area contributed by atoms with Gasteiger partial charge < -0.3 is 9.47 Å². The largest absolute Gasteiger partial charge is 0.494 e. The number of esters is 1. The molecule has 0 heterocycles. The summed E-state index contributed by atoms with van der Waals surface area (Å²) >= 11 is 0. The maximum atomic E-state index is 13.3. The highest BCUT2D eigenvalue weighted by Gasteiger charge is 2.29. The lowest BCUT2D eigenvalue weighted by Crippen LogP contribution is -2.37. The van der Waals surface area contributed by atoms with Crippen molar-refractivity contribution < 1.29 is 22.7 Å². The molecule has 0 spiro atoms. The first-order valence-corrected chi connectivity index (χ1v) is 10.2. The molecule has 0 unspecified atom stereocenters.